The fourth-order valence-electron chi connectivity index (χ4n) is 3.12. The molecule has 1 saturated heterocycles. The summed E-state index contributed by atoms with van der Waals surface area (Å²) in [6.45, 7) is 2.61. The lowest BCUT2D eigenvalue weighted by Gasteiger charge is -2.17. The van der Waals surface area contributed by atoms with Crippen LogP contribution < -0.4 is 5.32 Å². The molecule has 0 spiro atoms. The van der Waals surface area contributed by atoms with Gasteiger partial charge in [0.25, 0.3) is 0 Å². The van der Waals surface area contributed by atoms with Crippen LogP contribution in [0, 0.1) is 12.8 Å². The molecule has 1 aliphatic heterocycles. The number of amides is 2. The summed E-state index contributed by atoms with van der Waals surface area (Å²) >= 11 is 1.53. The Morgan fingerprint density at radius 2 is 2.18 bits per heavy atom. The minimum atomic E-state index is -4.43. The van der Waals surface area contributed by atoms with Gasteiger partial charge in [-0.15, -0.1) is 11.3 Å². The lowest BCUT2D eigenvalue weighted by Crippen LogP contribution is -2.34. The molecule has 9 heteroatoms. The van der Waals surface area contributed by atoms with Gasteiger partial charge in [0.1, 0.15) is 0 Å². The van der Waals surface area contributed by atoms with Crippen LogP contribution in [-0.4, -0.2) is 34.8 Å². The number of carbonyl (C=O) groups is 2. The first kappa shape index (κ1) is 20.3. The van der Waals surface area contributed by atoms with Gasteiger partial charge in [-0.3, -0.25) is 9.59 Å². The highest BCUT2D eigenvalue weighted by atomic mass is 32.1. The Hall–Kier alpha value is -2.42. The molecule has 1 aromatic carbocycles. The number of alkyl halides is 3. The average molecular weight is 411 g/mol. The zero-order valence-electron chi connectivity index (χ0n) is 15.3. The van der Waals surface area contributed by atoms with Crippen LogP contribution in [0.15, 0.2) is 29.6 Å². The number of carbonyl (C=O) groups excluding carboxylic acids is 2. The number of aryl methyl sites for hydroxylation is 1. The van der Waals surface area contributed by atoms with Crippen molar-refractivity contribution in [3.8, 4) is 0 Å². The van der Waals surface area contributed by atoms with Crippen molar-refractivity contribution in [3.63, 3.8) is 0 Å². The first-order valence-electron chi connectivity index (χ1n) is 8.85. The van der Waals surface area contributed by atoms with Crippen molar-refractivity contribution in [1.29, 1.82) is 0 Å². The molecule has 28 heavy (non-hydrogen) atoms. The highest BCUT2D eigenvalue weighted by molar-refractivity contribution is 7.09. The number of thiazole rings is 1. The molecule has 3 rings (SSSR count). The topological polar surface area (TPSA) is 62.3 Å². The van der Waals surface area contributed by atoms with Gasteiger partial charge in [0.2, 0.25) is 11.8 Å². The second-order valence-electron chi connectivity index (χ2n) is 6.80. The molecule has 5 nitrogen and oxygen atoms in total. The van der Waals surface area contributed by atoms with Crippen LogP contribution in [0.2, 0.25) is 0 Å². The third kappa shape index (κ3) is 5.09. The summed E-state index contributed by atoms with van der Waals surface area (Å²) in [5.41, 5.74) is 0.588. The molecular weight excluding hydrogens is 391 g/mol. The van der Waals surface area contributed by atoms with Gasteiger partial charge >= 0.3 is 6.18 Å². The summed E-state index contributed by atoms with van der Waals surface area (Å²) in [5.74, 6) is -0.933. The highest BCUT2D eigenvalue weighted by Gasteiger charge is 2.35. The van der Waals surface area contributed by atoms with Crippen LogP contribution in [0.25, 0.3) is 0 Å². The second kappa shape index (κ2) is 8.30. The van der Waals surface area contributed by atoms with Crippen molar-refractivity contribution < 1.29 is 22.8 Å². The number of nitrogens with one attached hydrogen (secondary N) is 1. The van der Waals surface area contributed by atoms with E-state index in [1.165, 1.54) is 22.3 Å². The van der Waals surface area contributed by atoms with Crippen molar-refractivity contribution in [1.82, 2.24) is 15.2 Å². The van der Waals surface area contributed by atoms with Crippen LogP contribution in [0.3, 0.4) is 0 Å². The normalized spacial score (nSPS) is 17.2. The van der Waals surface area contributed by atoms with Crippen molar-refractivity contribution >= 4 is 23.2 Å². The van der Waals surface area contributed by atoms with Crippen LogP contribution in [-0.2, 0) is 28.7 Å². The van der Waals surface area contributed by atoms with Crippen LogP contribution >= 0.6 is 11.3 Å². The van der Waals surface area contributed by atoms with Gasteiger partial charge in [0.15, 0.2) is 0 Å². The minimum absolute atomic E-state index is 0.0604. The molecule has 2 aromatic rings. The van der Waals surface area contributed by atoms with Crippen LogP contribution in [0.4, 0.5) is 13.2 Å². The van der Waals surface area contributed by atoms with Crippen LogP contribution in [0.5, 0.6) is 0 Å². The van der Waals surface area contributed by atoms with E-state index in [0.29, 0.717) is 18.5 Å². The fraction of sp³-hybridized carbons (Fsp3) is 0.421. The third-order valence-corrected chi connectivity index (χ3v) is 5.54. The lowest BCUT2D eigenvalue weighted by atomic mass is 10.1. The molecule has 1 fully saturated rings. The van der Waals surface area contributed by atoms with Gasteiger partial charge in [0.05, 0.1) is 16.5 Å². The molecule has 0 aliphatic carbocycles. The minimum Gasteiger partial charge on any atom is -0.355 e. The third-order valence-electron chi connectivity index (χ3n) is 4.52. The van der Waals surface area contributed by atoms with Gasteiger partial charge in [-0.2, -0.15) is 13.2 Å². The van der Waals surface area contributed by atoms with E-state index in [1.807, 2.05) is 12.3 Å². The van der Waals surface area contributed by atoms with Gasteiger partial charge in [-0.25, -0.2) is 4.98 Å². The fourth-order valence-corrected chi connectivity index (χ4v) is 3.90. The number of likely N-dealkylation sites (tertiary alicyclic amines) is 1. The predicted molar refractivity (Wildman–Crippen MR) is 98.5 cm³/mol. The maximum Gasteiger partial charge on any atom is 0.416 e. The molecule has 1 atom stereocenters. The lowest BCUT2D eigenvalue weighted by molar-refractivity contribution is -0.137. The molecule has 1 N–H and O–H groups in total. The SMILES string of the molecule is Cc1csc(CCNC(=O)[C@@H]2CC(=O)N(Cc3cccc(C(F)(F)F)c3)C2)n1. The second-order valence-corrected chi connectivity index (χ2v) is 7.74. The Morgan fingerprint density at radius 1 is 1.39 bits per heavy atom. The van der Waals surface area contributed by atoms with Gasteiger partial charge < -0.3 is 10.2 Å². The van der Waals surface area contributed by atoms with Gasteiger partial charge in [-0.05, 0) is 24.6 Å². The molecule has 0 unspecified atom stereocenters. The van der Waals surface area contributed by atoms with Gasteiger partial charge in [-0.1, -0.05) is 12.1 Å². The molecule has 2 heterocycles. The summed E-state index contributed by atoms with van der Waals surface area (Å²) in [6, 6.07) is 4.90. The summed E-state index contributed by atoms with van der Waals surface area (Å²) < 4.78 is 38.5. The number of benzene rings is 1. The van der Waals surface area contributed by atoms with Gasteiger partial charge in [0, 0.05) is 43.5 Å². The summed E-state index contributed by atoms with van der Waals surface area (Å²) in [6.07, 6.45) is -3.73. The number of rotatable bonds is 6. The van der Waals surface area contributed by atoms with Crippen LogP contribution in [0.1, 0.15) is 28.2 Å². The molecule has 1 aliphatic rings. The molecule has 150 valence electrons. The average Bonchev–Trinajstić information content (AvgIpc) is 3.20. The zero-order valence-corrected chi connectivity index (χ0v) is 16.1. The number of halogens is 3. The molecule has 0 bridgehead atoms. The Labute approximate surface area is 164 Å². The first-order chi connectivity index (χ1) is 13.2. The van der Waals surface area contributed by atoms with Crippen molar-refractivity contribution in [2.45, 2.75) is 32.5 Å². The smallest absolute Gasteiger partial charge is 0.355 e. The van der Waals surface area contributed by atoms with Crippen molar-refractivity contribution in [2.75, 3.05) is 13.1 Å². The molecule has 1 aromatic heterocycles. The van der Waals surface area contributed by atoms with E-state index in [2.05, 4.69) is 10.3 Å². The predicted octanol–water partition coefficient (Wildman–Crippen LogP) is 3.18. The Kier molecular flexibility index (Phi) is 6.02. The van der Waals surface area contributed by atoms with E-state index < -0.39 is 17.7 Å². The standard InChI is InChI=1S/C19H20F3N3O2S/c1-12-11-28-16(24-12)5-6-23-18(27)14-8-17(26)25(10-14)9-13-3-2-4-15(7-13)19(20,21)22/h2-4,7,11,14H,5-6,8-10H2,1H3,(H,23,27)/t14-/m1/s1. The summed E-state index contributed by atoms with van der Waals surface area (Å²) in [5, 5.41) is 5.70. The van der Waals surface area contributed by atoms with Crippen molar-refractivity contribution in [3.05, 3.63) is 51.5 Å². The molecule has 0 saturated carbocycles. The number of nitrogens with zero attached hydrogens (tertiary/aromatic N) is 2. The monoisotopic (exact) mass is 411 g/mol. The maximum atomic E-state index is 12.8. The Balaban J connectivity index is 1.52. The highest BCUT2D eigenvalue weighted by Crippen LogP contribution is 2.30. The van der Waals surface area contributed by atoms with E-state index >= 15 is 0 Å². The van der Waals surface area contributed by atoms with E-state index in [4.69, 9.17) is 0 Å². The summed E-state index contributed by atoms with van der Waals surface area (Å²) in [7, 11) is 0. The van der Waals surface area contributed by atoms with E-state index in [-0.39, 0.29) is 31.3 Å². The maximum absolute atomic E-state index is 12.8. The van der Waals surface area contributed by atoms with E-state index in [0.717, 1.165) is 22.8 Å². The largest absolute Gasteiger partial charge is 0.416 e. The quantitative estimate of drug-likeness (QED) is 0.794. The number of hydrogen-bond donors (Lipinski definition) is 1. The number of aromatic nitrogens is 1. The number of hydrogen-bond acceptors (Lipinski definition) is 4. The van der Waals surface area contributed by atoms with Crippen molar-refractivity contribution in [2.24, 2.45) is 5.92 Å². The molecule has 2 amide bonds. The summed E-state index contributed by atoms with van der Waals surface area (Å²) in [4.78, 5) is 30.3. The Morgan fingerprint density at radius 3 is 2.86 bits per heavy atom. The molecule has 0 radical (unpaired) electrons. The molecular formula is C19H20F3N3O2S. The zero-order chi connectivity index (χ0) is 20.3. The first-order valence-corrected chi connectivity index (χ1v) is 9.73. The van der Waals surface area contributed by atoms with E-state index in [9.17, 15) is 22.8 Å². The Bertz CT molecular complexity index is 866. The van der Waals surface area contributed by atoms with E-state index in [1.54, 1.807) is 6.07 Å².